The van der Waals surface area contributed by atoms with E-state index in [1.807, 2.05) is 6.92 Å². The number of hydrogen-bond donors (Lipinski definition) is 0. The molecule has 2 heterocycles. The molecule has 0 fully saturated rings. The third-order valence-electron chi connectivity index (χ3n) is 3.43. The zero-order valence-electron chi connectivity index (χ0n) is 10.5. The number of aryl methyl sites for hydroxylation is 2. The summed E-state index contributed by atoms with van der Waals surface area (Å²) in [5.41, 5.74) is 1.34. The topological polar surface area (TPSA) is 39.8 Å². The predicted molar refractivity (Wildman–Crippen MR) is 75.5 cm³/mol. The van der Waals surface area contributed by atoms with Gasteiger partial charge in [0.25, 0.3) is 0 Å². The first kappa shape index (κ1) is 12.8. The predicted octanol–water partition coefficient (Wildman–Crippen LogP) is 2.99. The minimum Gasteiger partial charge on any atom is -0.279 e. The lowest BCUT2D eigenvalue weighted by molar-refractivity contribution is 0.512. The monoisotopic (exact) mass is 297 g/mol. The third kappa shape index (κ3) is 2.09. The molecular weight excluding hydrogens is 285 g/mol. The Labute approximate surface area is 120 Å². The smallest absolute Gasteiger partial charge is 0.279 e. The summed E-state index contributed by atoms with van der Waals surface area (Å²) >= 11 is 12.2. The van der Waals surface area contributed by atoms with Crippen LogP contribution in [-0.4, -0.2) is 14.3 Å². The largest absolute Gasteiger partial charge is 0.350 e. The summed E-state index contributed by atoms with van der Waals surface area (Å²) in [6, 6.07) is 3.45. The van der Waals surface area contributed by atoms with Crippen LogP contribution in [0.3, 0.4) is 0 Å². The highest BCUT2D eigenvalue weighted by Gasteiger charge is 2.19. The van der Waals surface area contributed by atoms with Gasteiger partial charge in [-0.3, -0.25) is 4.57 Å². The quantitative estimate of drug-likeness (QED) is 0.812. The Kier molecular flexibility index (Phi) is 3.15. The minimum atomic E-state index is -0.127. The van der Waals surface area contributed by atoms with E-state index in [2.05, 4.69) is 5.10 Å². The molecule has 1 aromatic carbocycles. The van der Waals surface area contributed by atoms with Gasteiger partial charge in [0, 0.05) is 18.0 Å². The Morgan fingerprint density at radius 3 is 2.74 bits per heavy atom. The van der Waals surface area contributed by atoms with E-state index < -0.39 is 0 Å². The Hall–Kier alpha value is -1.26. The standard InChI is InChI=1S/C13H13Cl2N3O/c1-8-6-11(10(15)7-9(8)14)18-13(19)17-5-3-2-4-12(17)16-18/h6-7H,2-5H2,1H3. The second kappa shape index (κ2) is 4.69. The van der Waals surface area contributed by atoms with Crippen molar-refractivity contribution < 1.29 is 0 Å². The van der Waals surface area contributed by atoms with Crippen LogP contribution in [0, 0.1) is 6.92 Å². The van der Waals surface area contributed by atoms with Crippen molar-refractivity contribution in [2.75, 3.05) is 0 Å². The molecule has 0 saturated heterocycles. The van der Waals surface area contributed by atoms with Gasteiger partial charge in [-0.2, -0.15) is 4.68 Å². The van der Waals surface area contributed by atoms with Crippen LogP contribution in [0.1, 0.15) is 24.2 Å². The molecule has 0 unspecified atom stereocenters. The van der Waals surface area contributed by atoms with Gasteiger partial charge in [-0.15, -0.1) is 5.10 Å². The number of nitrogens with zero attached hydrogens (tertiary/aromatic N) is 3. The maximum atomic E-state index is 12.3. The SMILES string of the molecule is Cc1cc(-n2nc3n(c2=O)CCCC3)c(Cl)cc1Cl. The van der Waals surface area contributed by atoms with E-state index >= 15 is 0 Å². The maximum Gasteiger partial charge on any atom is 0.350 e. The molecule has 100 valence electrons. The van der Waals surface area contributed by atoms with E-state index in [1.54, 1.807) is 16.7 Å². The zero-order valence-corrected chi connectivity index (χ0v) is 12.0. The Morgan fingerprint density at radius 1 is 1.21 bits per heavy atom. The van der Waals surface area contributed by atoms with Gasteiger partial charge >= 0.3 is 5.69 Å². The first-order chi connectivity index (χ1) is 9.08. The van der Waals surface area contributed by atoms with Gasteiger partial charge in [0.2, 0.25) is 0 Å². The summed E-state index contributed by atoms with van der Waals surface area (Å²) in [5, 5.41) is 5.42. The molecule has 0 aliphatic carbocycles. The van der Waals surface area contributed by atoms with Gasteiger partial charge in [0.1, 0.15) is 5.82 Å². The number of benzene rings is 1. The van der Waals surface area contributed by atoms with Gasteiger partial charge in [0.05, 0.1) is 10.7 Å². The van der Waals surface area contributed by atoms with Crippen molar-refractivity contribution in [1.82, 2.24) is 14.3 Å². The summed E-state index contributed by atoms with van der Waals surface area (Å²) < 4.78 is 3.11. The van der Waals surface area contributed by atoms with Crippen LogP contribution < -0.4 is 5.69 Å². The molecule has 4 nitrogen and oxygen atoms in total. The number of halogens is 2. The van der Waals surface area contributed by atoms with Crippen LogP contribution in [-0.2, 0) is 13.0 Å². The van der Waals surface area contributed by atoms with Crippen molar-refractivity contribution in [3.05, 3.63) is 44.1 Å². The first-order valence-corrected chi connectivity index (χ1v) is 6.98. The molecule has 0 saturated carbocycles. The maximum absolute atomic E-state index is 12.3. The second-order valence-corrected chi connectivity index (χ2v) is 5.59. The number of fused-ring (bicyclic) bond motifs is 1. The number of rotatable bonds is 1. The van der Waals surface area contributed by atoms with Crippen LogP contribution >= 0.6 is 23.2 Å². The molecule has 1 aliphatic rings. The van der Waals surface area contributed by atoms with Crippen LogP contribution in [0.5, 0.6) is 0 Å². The molecule has 3 rings (SSSR count). The van der Waals surface area contributed by atoms with E-state index in [1.165, 1.54) is 4.68 Å². The van der Waals surface area contributed by atoms with Crippen molar-refractivity contribution in [2.45, 2.75) is 32.7 Å². The van der Waals surface area contributed by atoms with Crippen molar-refractivity contribution in [3.63, 3.8) is 0 Å². The summed E-state index contributed by atoms with van der Waals surface area (Å²) in [6.07, 6.45) is 2.93. The number of aromatic nitrogens is 3. The highest BCUT2D eigenvalue weighted by molar-refractivity contribution is 6.36. The lowest BCUT2D eigenvalue weighted by Gasteiger charge is -2.09. The lowest BCUT2D eigenvalue weighted by Crippen LogP contribution is -2.26. The van der Waals surface area contributed by atoms with Crippen LogP contribution in [0.2, 0.25) is 10.0 Å². The molecule has 19 heavy (non-hydrogen) atoms. The van der Waals surface area contributed by atoms with Gasteiger partial charge in [-0.1, -0.05) is 23.2 Å². The Balaban J connectivity index is 2.20. The van der Waals surface area contributed by atoms with Crippen LogP contribution in [0.15, 0.2) is 16.9 Å². The van der Waals surface area contributed by atoms with Gasteiger partial charge in [-0.25, -0.2) is 4.79 Å². The summed E-state index contributed by atoms with van der Waals surface area (Å²) in [6.45, 7) is 2.61. The lowest BCUT2D eigenvalue weighted by atomic mass is 10.2. The molecule has 0 spiro atoms. The molecule has 0 N–H and O–H groups in total. The second-order valence-electron chi connectivity index (χ2n) is 4.77. The van der Waals surface area contributed by atoms with Crippen molar-refractivity contribution in [1.29, 1.82) is 0 Å². The molecule has 1 aliphatic heterocycles. The van der Waals surface area contributed by atoms with Crippen molar-refractivity contribution in [2.24, 2.45) is 0 Å². The average molecular weight is 298 g/mol. The minimum absolute atomic E-state index is 0.127. The summed E-state index contributed by atoms with van der Waals surface area (Å²) in [5.74, 6) is 0.833. The van der Waals surface area contributed by atoms with Crippen LogP contribution in [0.25, 0.3) is 5.69 Å². The summed E-state index contributed by atoms with van der Waals surface area (Å²) in [7, 11) is 0. The van der Waals surface area contributed by atoms with E-state index in [0.29, 0.717) is 15.7 Å². The van der Waals surface area contributed by atoms with E-state index in [0.717, 1.165) is 37.2 Å². The molecular formula is C13H13Cl2N3O. The summed E-state index contributed by atoms with van der Waals surface area (Å²) in [4.78, 5) is 12.3. The Morgan fingerprint density at radius 2 is 2.00 bits per heavy atom. The highest BCUT2D eigenvalue weighted by atomic mass is 35.5. The molecule has 0 bridgehead atoms. The van der Waals surface area contributed by atoms with Gasteiger partial charge in [-0.05, 0) is 37.5 Å². The Bertz CT molecular complexity index is 703. The van der Waals surface area contributed by atoms with Crippen LogP contribution in [0.4, 0.5) is 0 Å². The molecule has 1 aromatic heterocycles. The molecule has 0 atom stereocenters. The molecule has 0 radical (unpaired) electrons. The highest BCUT2D eigenvalue weighted by Crippen LogP contribution is 2.27. The normalized spacial score (nSPS) is 14.5. The van der Waals surface area contributed by atoms with Gasteiger partial charge < -0.3 is 0 Å². The van der Waals surface area contributed by atoms with Crippen molar-refractivity contribution >= 4 is 23.2 Å². The van der Waals surface area contributed by atoms with E-state index in [9.17, 15) is 4.79 Å². The van der Waals surface area contributed by atoms with E-state index in [-0.39, 0.29) is 5.69 Å². The fourth-order valence-electron chi connectivity index (χ4n) is 2.36. The van der Waals surface area contributed by atoms with Gasteiger partial charge in [0.15, 0.2) is 0 Å². The number of hydrogen-bond acceptors (Lipinski definition) is 2. The fourth-order valence-corrected chi connectivity index (χ4v) is 2.82. The molecule has 0 amide bonds. The third-order valence-corrected chi connectivity index (χ3v) is 4.14. The average Bonchev–Trinajstić information content (AvgIpc) is 2.72. The van der Waals surface area contributed by atoms with E-state index in [4.69, 9.17) is 23.2 Å². The zero-order chi connectivity index (χ0) is 13.6. The molecule has 6 heteroatoms. The first-order valence-electron chi connectivity index (χ1n) is 6.22. The van der Waals surface area contributed by atoms with Crippen molar-refractivity contribution in [3.8, 4) is 5.69 Å². The fraction of sp³-hybridized carbons (Fsp3) is 0.385. The molecule has 2 aromatic rings.